The van der Waals surface area contributed by atoms with E-state index < -0.39 is 0 Å². The van der Waals surface area contributed by atoms with E-state index in [0.717, 1.165) is 33.2 Å². The molecule has 1 unspecified atom stereocenters. The molecule has 162 valence electrons. The summed E-state index contributed by atoms with van der Waals surface area (Å²) in [5.41, 5.74) is 4.27. The second-order valence-electron chi connectivity index (χ2n) is 8.33. The minimum absolute atomic E-state index is 0.132. The third kappa shape index (κ3) is 2.72. The third-order valence-electron chi connectivity index (χ3n) is 6.38. The SMILES string of the molecule is Oc1ccccc1-c1nc2c3c(ncn2n1)Oc1ccc2ccccc2c1C3c1ccccc1. The maximum atomic E-state index is 10.4. The molecule has 6 nitrogen and oxygen atoms in total. The van der Waals surface area contributed by atoms with Crippen molar-refractivity contribution in [3.63, 3.8) is 0 Å². The van der Waals surface area contributed by atoms with E-state index in [4.69, 9.17) is 9.72 Å². The van der Waals surface area contributed by atoms with Crippen LogP contribution in [0.25, 0.3) is 27.8 Å². The highest BCUT2D eigenvalue weighted by molar-refractivity contribution is 5.91. The molecule has 1 atom stereocenters. The number of hydrogen-bond donors (Lipinski definition) is 1. The molecule has 0 radical (unpaired) electrons. The summed E-state index contributed by atoms with van der Waals surface area (Å²) in [5.74, 6) is 1.72. The molecule has 0 aliphatic carbocycles. The Morgan fingerprint density at radius 1 is 0.794 bits per heavy atom. The van der Waals surface area contributed by atoms with Crippen LogP contribution in [0.15, 0.2) is 97.3 Å². The molecular weight excluding hydrogens is 424 g/mol. The van der Waals surface area contributed by atoms with Crippen LogP contribution in [0.3, 0.4) is 0 Å². The molecule has 4 aromatic carbocycles. The smallest absolute Gasteiger partial charge is 0.228 e. The van der Waals surface area contributed by atoms with Crippen molar-refractivity contribution in [2.24, 2.45) is 0 Å². The molecule has 0 bridgehead atoms. The van der Waals surface area contributed by atoms with Gasteiger partial charge in [-0.3, -0.25) is 0 Å². The number of rotatable bonds is 2. The number of para-hydroxylation sites is 1. The fourth-order valence-corrected chi connectivity index (χ4v) is 4.86. The number of benzene rings is 4. The van der Waals surface area contributed by atoms with Gasteiger partial charge in [0.2, 0.25) is 5.88 Å². The summed E-state index contributed by atoms with van der Waals surface area (Å²) in [6.45, 7) is 0. The van der Waals surface area contributed by atoms with Gasteiger partial charge in [0.25, 0.3) is 0 Å². The van der Waals surface area contributed by atoms with Crippen LogP contribution in [0, 0.1) is 0 Å². The summed E-state index contributed by atoms with van der Waals surface area (Å²) in [6, 6.07) is 29.8. The van der Waals surface area contributed by atoms with Gasteiger partial charge in [-0.1, -0.05) is 72.8 Å². The predicted molar refractivity (Wildman–Crippen MR) is 129 cm³/mol. The molecule has 0 amide bonds. The van der Waals surface area contributed by atoms with Crippen molar-refractivity contribution in [1.29, 1.82) is 0 Å². The quantitative estimate of drug-likeness (QED) is 0.359. The molecule has 2 aromatic heterocycles. The summed E-state index contributed by atoms with van der Waals surface area (Å²) >= 11 is 0. The second kappa shape index (κ2) is 7.15. The number of fused-ring (bicyclic) bond motifs is 6. The topological polar surface area (TPSA) is 72.5 Å². The van der Waals surface area contributed by atoms with Gasteiger partial charge in [-0.2, -0.15) is 0 Å². The van der Waals surface area contributed by atoms with E-state index in [2.05, 4.69) is 40.4 Å². The number of hydrogen-bond acceptors (Lipinski definition) is 5. The molecule has 6 heteroatoms. The number of nitrogens with zero attached hydrogens (tertiary/aromatic N) is 4. The first kappa shape index (κ1) is 18.8. The molecule has 0 fully saturated rings. The van der Waals surface area contributed by atoms with Crippen molar-refractivity contribution in [3.8, 4) is 28.8 Å². The molecule has 6 aromatic rings. The molecule has 0 saturated carbocycles. The van der Waals surface area contributed by atoms with Gasteiger partial charge < -0.3 is 9.84 Å². The van der Waals surface area contributed by atoms with Crippen LogP contribution in [0.2, 0.25) is 0 Å². The fourth-order valence-electron chi connectivity index (χ4n) is 4.86. The molecule has 1 N–H and O–H groups in total. The van der Waals surface area contributed by atoms with Crippen molar-refractivity contribution in [3.05, 3.63) is 114 Å². The van der Waals surface area contributed by atoms with Crippen molar-refractivity contribution >= 4 is 16.4 Å². The van der Waals surface area contributed by atoms with Gasteiger partial charge in [-0.25, -0.2) is 14.5 Å². The van der Waals surface area contributed by atoms with Gasteiger partial charge in [-0.05, 0) is 34.5 Å². The van der Waals surface area contributed by atoms with E-state index in [1.54, 1.807) is 29.0 Å². The maximum absolute atomic E-state index is 10.4. The molecule has 0 saturated heterocycles. The van der Waals surface area contributed by atoms with Crippen LogP contribution < -0.4 is 4.74 Å². The highest BCUT2D eigenvalue weighted by Crippen LogP contribution is 2.50. The zero-order chi connectivity index (χ0) is 22.6. The van der Waals surface area contributed by atoms with Gasteiger partial charge in [0, 0.05) is 11.5 Å². The number of aromatic hydroxyl groups is 1. The fraction of sp³-hybridized carbons (Fsp3) is 0.0357. The second-order valence-corrected chi connectivity index (χ2v) is 8.33. The maximum Gasteiger partial charge on any atom is 0.228 e. The van der Waals surface area contributed by atoms with Crippen LogP contribution in [0.4, 0.5) is 0 Å². The molecule has 7 rings (SSSR count). The van der Waals surface area contributed by atoms with Gasteiger partial charge in [0.15, 0.2) is 11.5 Å². The van der Waals surface area contributed by atoms with Gasteiger partial charge in [0.1, 0.15) is 17.8 Å². The Hall–Kier alpha value is -4.71. The van der Waals surface area contributed by atoms with Crippen LogP contribution in [0.5, 0.6) is 17.4 Å². The van der Waals surface area contributed by atoms with E-state index in [0.29, 0.717) is 22.9 Å². The number of phenols is 1. The molecular formula is C28H18N4O2. The zero-order valence-electron chi connectivity index (χ0n) is 18.0. The Balaban J connectivity index is 1.55. The van der Waals surface area contributed by atoms with Crippen molar-refractivity contribution in [2.75, 3.05) is 0 Å². The van der Waals surface area contributed by atoms with E-state index in [-0.39, 0.29) is 11.7 Å². The number of ether oxygens (including phenoxy) is 1. The average Bonchev–Trinajstić information content (AvgIpc) is 3.32. The van der Waals surface area contributed by atoms with Crippen LogP contribution in [-0.2, 0) is 0 Å². The van der Waals surface area contributed by atoms with Crippen molar-refractivity contribution < 1.29 is 9.84 Å². The zero-order valence-corrected chi connectivity index (χ0v) is 18.0. The first-order valence-electron chi connectivity index (χ1n) is 11.1. The van der Waals surface area contributed by atoms with E-state index in [1.807, 2.05) is 42.5 Å². The molecule has 3 heterocycles. The average molecular weight is 442 g/mol. The first-order valence-corrected chi connectivity index (χ1v) is 11.1. The number of aromatic nitrogens is 4. The lowest BCUT2D eigenvalue weighted by Gasteiger charge is -2.29. The summed E-state index contributed by atoms with van der Waals surface area (Å²) in [4.78, 5) is 9.46. The predicted octanol–water partition coefficient (Wildman–Crippen LogP) is 5.94. The minimum Gasteiger partial charge on any atom is -0.507 e. The Bertz CT molecular complexity index is 1710. The molecule has 34 heavy (non-hydrogen) atoms. The summed E-state index contributed by atoms with van der Waals surface area (Å²) in [7, 11) is 0. The summed E-state index contributed by atoms with van der Waals surface area (Å²) < 4.78 is 8.01. The Morgan fingerprint density at radius 3 is 2.47 bits per heavy atom. The van der Waals surface area contributed by atoms with Gasteiger partial charge in [0.05, 0.1) is 11.1 Å². The Kier molecular flexibility index (Phi) is 3.96. The molecule has 0 spiro atoms. The van der Waals surface area contributed by atoms with E-state index >= 15 is 0 Å². The minimum atomic E-state index is -0.149. The van der Waals surface area contributed by atoms with Crippen LogP contribution in [-0.4, -0.2) is 24.7 Å². The number of phenolic OH excluding ortho intramolecular Hbond substituents is 1. The highest BCUT2D eigenvalue weighted by atomic mass is 16.5. The third-order valence-corrected chi connectivity index (χ3v) is 6.38. The normalized spacial score (nSPS) is 14.5. The lowest BCUT2D eigenvalue weighted by molar-refractivity contribution is 0.433. The van der Waals surface area contributed by atoms with Crippen LogP contribution >= 0.6 is 0 Å². The highest BCUT2D eigenvalue weighted by Gasteiger charge is 2.34. The Labute approximate surface area is 194 Å². The van der Waals surface area contributed by atoms with Crippen molar-refractivity contribution in [1.82, 2.24) is 19.6 Å². The van der Waals surface area contributed by atoms with E-state index in [1.165, 1.54) is 0 Å². The van der Waals surface area contributed by atoms with Crippen LogP contribution in [0.1, 0.15) is 22.6 Å². The van der Waals surface area contributed by atoms with Gasteiger partial charge >= 0.3 is 0 Å². The largest absolute Gasteiger partial charge is 0.507 e. The lowest BCUT2D eigenvalue weighted by Crippen LogP contribution is -2.15. The Morgan fingerprint density at radius 2 is 1.59 bits per heavy atom. The molecule has 1 aliphatic rings. The van der Waals surface area contributed by atoms with Crippen molar-refractivity contribution in [2.45, 2.75) is 5.92 Å². The monoisotopic (exact) mass is 442 g/mol. The van der Waals surface area contributed by atoms with E-state index in [9.17, 15) is 5.11 Å². The standard InChI is InChI=1S/C28H18N4O2/c33-21-13-7-6-12-20(21)26-30-27-25-23(18-9-2-1-3-10-18)24-19-11-5-4-8-17(19)14-15-22(24)34-28(25)29-16-32(27)31-26/h1-16,23,33H. The lowest BCUT2D eigenvalue weighted by atomic mass is 9.81. The molecule has 1 aliphatic heterocycles. The summed E-state index contributed by atoms with van der Waals surface area (Å²) in [5, 5.41) is 17.3. The summed E-state index contributed by atoms with van der Waals surface area (Å²) in [6.07, 6.45) is 1.61. The first-order chi connectivity index (χ1) is 16.8. The van der Waals surface area contributed by atoms with Gasteiger partial charge in [-0.15, -0.1) is 5.10 Å².